The maximum atomic E-state index is 12.4. The molecule has 0 bridgehead atoms. The van der Waals surface area contributed by atoms with E-state index < -0.39 is 54.5 Å². The van der Waals surface area contributed by atoms with Gasteiger partial charge < -0.3 is 25.0 Å². The number of piperidine rings is 1. The molecule has 0 aromatic rings. The van der Waals surface area contributed by atoms with E-state index in [2.05, 4.69) is 5.32 Å². The Hall–Kier alpha value is -1.71. The molecule has 0 saturated carbocycles. The fraction of sp³-hybridized carbons (Fsp3) is 0.800. The van der Waals surface area contributed by atoms with E-state index in [4.69, 9.17) is 9.47 Å². The summed E-state index contributed by atoms with van der Waals surface area (Å²) in [5.41, 5.74) is -0.823. The molecule has 9 nitrogen and oxygen atoms in total. The summed E-state index contributed by atoms with van der Waals surface area (Å²) in [6.45, 7) is 6.95. The summed E-state index contributed by atoms with van der Waals surface area (Å²) >= 11 is 0. The van der Waals surface area contributed by atoms with Gasteiger partial charge in [-0.2, -0.15) is 0 Å². The lowest BCUT2D eigenvalue weighted by molar-refractivity contribution is -0.167. The van der Waals surface area contributed by atoms with Crippen LogP contribution in [0, 0.1) is 0 Å². The molecule has 9 heteroatoms. The van der Waals surface area contributed by atoms with Crippen molar-refractivity contribution in [2.24, 2.45) is 0 Å². The number of carbonyl (C=O) groups is 3. The minimum Gasteiger partial charge on any atom is -0.457 e. The molecule has 1 saturated heterocycles. The molecule has 1 aliphatic heterocycles. The zero-order valence-electron chi connectivity index (χ0n) is 14.6. The average Bonchev–Trinajstić information content (AvgIpc) is 2.40. The van der Waals surface area contributed by atoms with Gasteiger partial charge in [0.2, 0.25) is 5.91 Å². The molecule has 0 spiro atoms. The van der Waals surface area contributed by atoms with Crippen LogP contribution in [0.15, 0.2) is 0 Å². The Morgan fingerprint density at radius 3 is 2.25 bits per heavy atom. The lowest BCUT2D eigenvalue weighted by atomic mass is 9.93. The summed E-state index contributed by atoms with van der Waals surface area (Å²) in [5.74, 6) is -1.28. The van der Waals surface area contributed by atoms with Crippen LogP contribution in [-0.4, -0.2) is 76.1 Å². The van der Waals surface area contributed by atoms with E-state index in [0.29, 0.717) is 0 Å². The van der Waals surface area contributed by atoms with E-state index in [-0.39, 0.29) is 6.54 Å². The molecule has 0 aliphatic carbocycles. The zero-order valence-corrected chi connectivity index (χ0v) is 14.6. The van der Waals surface area contributed by atoms with Crippen molar-refractivity contribution in [2.45, 2.75) is 64.5 Å². The summed E-state index contributed by atoms with van der Waals surface area (Å²) in [5, 5.41) is 22.4. The minimum absolute atomic E-state index is 0.0407. The van der Waals surface area contributed by atoms with Crippen LogP contribution in [0.5, 0.6) is 0 Å². The van der Waals surface area contributed by atoms with E-state index >= 15 is 0 Å². The van der Waals surface area contributed by atoms with E-state index in [0.717, 1.165) is 11.8 Å². The Balaban J connectivity index is 3.11. The van der Waals surface area contributed by atoms with Gasteiger partial charge in [-0.1, -0.05) is 0 Å². The van der Waals surface area contributed by atoms with Gasteiger partial charge in [0.15, 0.2) is 6.10 Å². The fourth-order valence-electron chi connectivity index (χ4n) is 2.52. The third kappa shape index (κ3) is 5.15. The number of imide groups is 1. The Kier molecular flexibility index (Phi) is 6.70. The van der Waals surface area contributed by atoms with E-state index in [1.165, 1.54) is 6.92 Å². The van der Waals surface area contributed by atoms with Crippen molar-refractivity contribution in [3.8, 4) is 0 Å². The summed E-state index contributed by atoms with van der Waals surface area (Å²) in [7, 11) is 0. The van der Waals surface area contributed by atoms with Gasteiger partial charge >= 0.3 is 12.1 Å². The van der Waals surface area contributed by atoms with Gasteiger partial charge in [0.05, 0.1) is 18.7 Å². The number of aliphatic hydroxyl groups excluding tert-OH is 2. The molecule has 2 amide bonds. The molecule has 1 heterocycles. The van der Waals surface area contributed by atoms with Gasteiger partial charge in [-0.3, -0.25) is 9.59 Å². The molecular weight excluding hydrogens is 320 g/mol. The highest BCUT2D eigenvalue weighted by Crippen LogP contribution is 2.22. The van der Waals surface area contributed by atoms with E-state index in [9.17, 15) is 24.6 Å². The molecule has 0 aromatic heterocycles. The molecular formula is C15H26N2O7. The Morgan fingerprint density at radius 1 is 1.25 bits per heavy atom. The average molecular weight is 346 g/mol. The lowest BCUT2D eigenvalue weighted by Crippen LogP contribution is -2.68. The van der Waals surface area contributed by atoms with Crippen molar-refractivity contribution in [3.63, 3.8) is 0 Å². The first-order chi connectivity index (χ1) is 11.0. The van der Waals surface area contributed by atoms with Crippen LogP contribution < -0.4 is 5.32 Å². The number of amides is 2. The van der Waals surface area contributed by atoms with Crippen LogP contribution in [-0.2, 0) is 19.1 Å². The number of aliphatic hydroxyl groups is 2. The smallest absolute Gasteiger partial charge is 0.417 e. The second kappa shape index (κ2) is 7.91. The Labute approximate surface area is 140 Å². The standard InChI is InChI=1S/C15H26N2O7/c1-8(19)17(14(22)24-15(3,4)5)11-6-16-10(7-18)12(21)13(11)23-9(2)20/h10-13,16,18,21H,6-7H2,1-5H3/t10?,11-,12+,13+/m0/s1. The SMILES string of the molecule is CC(=O)O[C@H]1[C@H](O)C(CO)NC[C@@H]1N(C(C)=O)C(=O)OC(C)(C)C. The highest BCUT2D eigenvalue weighted by Gasteiger charge is 2.46. The molecule has 24 heavy (non-hydrogen) atoms. The first-order valence-corrected chi connectivity index (χ1v) is 7.70. The Bertz CT molecular complexity index is 489. The number of carbonyl (C=O) groups excluding carboxylic acids is 3. The van der Waals surface area contributed by atoms with Gasteiger partial charge in [0.1, 0.15) is 11.7 Å². The quantitative estimate of drug-likeness (QED) is 0.578. The number of hydrogen-bond donors (Lipinski definition) is 3. The van der Waals surface area contributed by atoms with Crippen LogP contribution in [0.4, 0.5) is 4.79 Å². The molecule has 1 rings (SSSR count). The first-order valence-electron chi connectivity index (χ1n) is 7.70. The van der Waals surface area contributed by atoms with E-state index in [1.54, 1.807) is 20.8 Å². The second-order valence-corrected chi connectivity index (χ2v) is 6.70. The highest BCUT2D eigenvalue weighted by molar-refractivity contribution is 5.91. The fourth-order valence-corrected chi connectivity index (χ4v) is 2.52. The van der Waals surface area contributed by atoms with Crippen molar-refractivity contribution in [2.75, 3.05) is 13.2 Å². The summed E-state index contributed by atoms with van der Waals surface area (Å²) < 4.78 is 10.3. The van der Waals surface area contributed by atoms with Gasteiger partial charge in [0, 0.05) is 20.4 Å². The maximum Gasteiger partial charge on any atom is 0.417 e. The third-order valence-electron chi connectivity index (χ3n) is 3.48. The number of nitrogens with zero attached hydrogens (tertiary/aromatic N) is 1. The molecule has 0 radical (unpaired) electrons. The molecule has 4 atom stereocenters. The van der Waals surface area contributed by atoms with Crippen molar-refractivity contribution in [1.29, 1.82) is 0 Å². The normalized spacial score (nSPS) is 27.3. The molecule has 1 aliphatic rings. The number of esters is 1. The monoisotopic (exact) mass is 346 g/mol. The second-order valence-electron chi connectivity index (χ2n) is 6.70. The molecule has 3 N–H and O–H groups in total. The Morgan fingerprint density at radius 2 is 1.83 bits per heavy atom. The van der Waals surface area contributed by atoms with Crippen molar-refractivity contribution in [1.82, 2.24) is 10.2 Å². The summed E-state index contributed by atoms with van der Waals surface area (Å²) in [4.78, 5) is 36.5. The molecule has 1 unspecified atom stereocenters. The first kappa shape index (κ1) is 20.3. The highest BCUT2D eigenvalue weighted by atomic mass is 16.6. The largest absolute Gasteiger partial charge is 0.457 e. The molecule has 0 aromatic carbocycles. The summed E-state index contributed by atoms with van der Waals surface area (Å²) in [6.07, 6.45) is -3.35. The zero-order chi connectivity index (χ0) is 18.7. The number of rotatable bonds is 3. The minimum atomic E-state index is -1.29. The number of hydrogen-bond acceptors (Lipinski definition) is 8. The number of ether oxygens (including phenoxy) is 2. The van der Waals surface area contributed by atoms with Gasteiger partial charge in [-0.25, -0.2) is 9.69 Å². The lowest BCUT2D eigenvalue weighted by Gasteiger charge is -2.43. The van der Waals surface area contributed by atoms with Crippen molar-refractivity contribution in [3.05, 3.63) is 0 Å². The molecule has 138 valence electrons. The van der Waals surface area contributed by atoms with E-state index in [1.807, 2.05) is 0 Å². The maximum absolute atomic E-state index is 12.4. The van der Waals surface area contributed by atoms with Gasteiger partial charge in [-0.15, -0.1) is 0 Å². The van der Waals surface area contributed by atoms with Crippen LogP contribution >= 0.6 is 0 Å². The van der Waals surface area contributed by atoms with Crippen LogP contribution in [0.1, 0.15) is 34.6 Å². The van der Waals surface area contributed by atoms with Crippen LogP contribution in [0.25, 0.3) is 0 Å². The van der Waals surface area contributed by atoms with Gasteiger partial charge in [0.25, 0.3) is 0 Å². The molecule has 1 fully saturated rings. The van der Waals surface area contributed by atoms with Crippen LogP contribution in [0.2, 0.25) is 0 Å². The third-order valence-corrected chi connectivity index (χ3v) is 3.48. The van der Waals surface area contributed by atoms with Crippen molar-refractivity contribution >= 4 is 18.0 Å². The predicted molar refractivity (Wildman–Crippen MR) is 83.0 cm³/mol. The number of nitrogens with one attached hydrogen (secondary N) is 1. The predicted octanol–water partition coefficient (Wildman–Crippen LogP) is -0.605. The summed E-state index contributed by atoms with van der Waals surface area (Å²) in [6, 6.07) is -1.70. The van der Waals surface area contributed by atoms with Crippen LogP contribution in [0.3, 0.4) is 0 Å². The van der Waals surface area contributed by atoms with Crippen molar-refractivity contribution < 1.29 is 34.1 Å². The topological polar surface area (TPSA) is 125 Å². The van der Waals surface area contributed by atoms with Gasteiger partial charge in [-0.05, 0) is 20.8 Å².